The van der Waals surface area contributed by atoms with Gasteiger partial charge in [0.2, 0.25) is 0 Å². The van der Waals surface area contributed by atoms with E-state index < -0.39 is 5.82 Å². The molecule has 1 aromatic carbocycles. The van der Waals surface area contributed by atoms with Crippen LogP contribution in [0.5, 0.6) is 0 Å². The second kappa shape index (κ2) is 5.15. The van der Waals surface area contributed by atoms with Crippen molar-refractivity contribution in [3.63, 3.8) is 0 Å². The maximum absolute atomic E-state index is 13.7. The fourth-order valence-electron chi connectivity index (χ4n) is 1.44. The van der Waals surface area contributed by atoms with Crippen LogP contribution < -0.4 is 5.32 Å². The number of pyridine rings is 1. The van der Waals surface area contributed by atoms with E-state index in [4.69, 9.17) is 5.26 Å². The number of hydrogen-bond acceptors (Lipinski definition) is 3. The molecule has 0 aliphatic carbocycles. The van der Waals surface area contributed by atoms with Gasteiger partial charge >= 0.3 is 0 Å². The lowest BCUT2D eigenvalue weighted by Crippen LogP contribution is -1.98. The largest absolute Gasteiger partial charge is 0.337 e. The fraction of sp³-hybridized carbons (Fsp3) is 0.0769. The molecule has 1 N–H and O–H groups in total. The smallest absolute Gasteiger partial charge is 0.147 e. The number of aromatic nitrogens is 1. The minimum absolute atomic E-state index is 0.285. The monoisotopic (exact) mass is 305 g/mol. The average molecular weight is 306 g/mol. The van der Waals surface area contributed by atoms with Gasteiger partial charge in [0.1, 0.15) is 11.6 Å². The summed E-state index contributed by atoms with van der Waals surface area (Å²) in [4.78, 5) is 4.13. The third kappa shape index (κ3) is 2.49. The van der Waals surface area contributed by atoms with E-state index in [9.17, 15) is 4.39 Å². The number of anilines is 2. The van der Waals surface area contributed by atoms with Crippen LogP contribution in [0.25, 0.3) is 0 Å². The number of aryl methyl sites for hydroxylation is 1. The van der Waals surface area contributed by atoms with Crippen molar-refractivity contribution in [3.05, 3.63) is 51.9 Å². The molecule has 0 aliphatic rings. The van der Waals surface area contributed by atoms with E-state index >= 15 is 0 Å². The fourth-order valence-corrected chi connectivity index (χ4v) is 1.77. The van der Waals surface area contributed by atoms with Crippen molar-refractivity contribution < 1.29 is 4.39 Å². The predicted octanol–water partition coefficient (Wildman–Crippen LogP) is 3.91. The maximum atomic E-state index is 13.7. The van der Waals surface area contributed by atoms with E-state index in [2.05, 4.69) is 26.2 Å². The Balaban J connectivity index is 2.35. The summed E-state index contributed by atoms with van der Waals surface area (Å²) < 4.78 is 14.5. The van der Waals surface area contributed by atoms with E-state index in [0.717, 1.165) is 10.0 Å². The van der Waals surface area contributed by atoms with Gasteiger partial charge in [-0.2, -0.15) is 5.26 Å². The molecule has 0 unspecified atom stereocenters. The van der Waals surface area contributed by atoms with Crippen LogP contribution in [0, 0.1) is 24.1 Å². The van der Waals surface area contributed by atoms with Crippen molar-refractivity contribution in [3.8, 4) is 6.07 Å². The van der Waals surface area contributed by atoms with Crippen molar-refractivity contribution in [1.82, 2.24) is 4.98 Å². The summed E-state index contributed by atoms with van der Waals surface area (Å²) in [5.41, 5.74) is 1.57. The molecule has 2 aromatic rings. The van der Waals surface area contributed by atoms with Crippen LogP contribution in [0.3, 0.4) is 0 Å². The lowest BCUT2D eigenvalue weighted by Gasteiger charge is -2.09. The molecule has 3 nitrogen and oxygen atoms in total. The van der Waals surface area contributed by atoms with Crippen LogP contribution in [0.1, 0.15) is 11.1 Å². The van der Waals surface area contributed by atoms with Gasteiger partial charge < -0.3 is 5.32 Å². The third-order valence-corrected chi connectivity index (χ3v) is 3.43. The average Bonchev–Trinajstić information content (AvgIpc) is 2.37. The molecule has 2 rings (SSSR count). The zero-order chi connectivity index (χ0) is 13.1. The quantitative estimate of drug-likeness (QED) is 0.915. The van der Waals surface area contributed by atoms with Crippen molar-refractivity contribution in [2.75, 3.05) is 5.32 Å². The number of nitrogens with zero attached hydrogens (tertiary/aromatic N) is 2. The van der Waals surface area contributed by atoms with Gasteiger partial charge in [-0.3, -0.25) is 0 Å². The summed E-state index contributed by atoms with van der Waals surface area (Å²) in [5, 5.41) is 11.6. The molecule has 0 saturated heterocycles. The Hall–Kier alpha value is -1.93. The molecule has 0 saturated carbocycles. The molecule has 0 aliphatic heterocycles. The highest BCUT2D eigenvalue weighted by Gasteiger charge is 2.08. The van der Waals surface area contributed by atoms with Gasteiger partial charge in [0.15, 0.2) is 0 Å². The Morgan fingerprint density at radius 2 is 2.17 bits per heavy atom. The summed E-state index contributed by atoms with van der Waals surface area (Å²) in [6.07, 6.45) is 1.64. The van der Waals surface area contributed by atoms with Gasteiger partial charge in [-0.15, -0.1) is 0 Å². The molecule has 0 radical (unpaired) electrons. The second-order valence-corrected chi connectivity index (χ2v) is 4.51. The molecule has 1 heterocycles. The Morgan fingerprint density at radius 1 is 1.39 bits per heavy atom. The SMILES string of the molecule is Cc1ccnc(Nc2ccc(C#N)cc2F)c1Br. The lowest BCUT2D eigenvalue weighted by atomic mass is 10.2. The van der Waals surface area contributed by atoms with Crippen LogP contribution in [-0.2, 0) is 0 Å². The van der Waals surface area contributed by atoms with Crippen LogP contribution in [0.4, 0.5) is 15.9 Å². The van der Waals surface area contributed by atoms with Crippen molar-refractivity contribution in [2.24, 2.45) is 0 Å². The molecule has 18 heavy (non-hydrogen) atoms. The van der Waals surface area contributed by atoms with Gasteiger partial charge in [0.25, 0.3) is 0 Å². The van der Waals surface area contributed by atoms with Gasteiger partial charge in [-0.25, -0.2) is 9.37 Å². The number of nitriles is 1. The Kier molecular flexibility index (Phi) is 3.58. The molecule has 0 amide bonds. The number of benzene rings is 1. The lowest BCUT2D eigenvalue weighted by molar-refractivity contribution is 0.631. The first-order chi connectivity index (χ1) is 8.61. The first kappa shape index (κ1) is 12.5. The Bertz CT molecular complexity index is 635. The van der Waals surface area contributed by atoms with Gasteiger partial charge in [-0.1, -0.05) is 0 Å². The summed E-state index contributed by atoms with van der Waals surface area (Å²) in [6, 6.07) is 7.99. The Labute approximate surface area is 112 Å². The van der Waals surface area contributed by atoms with Crippen molar-refractivity contribution in [1.29, 1.82) is 5.26 Å². The summed E-state index contributed by atoms with van der Waals surface area (Å²) in [5.74, 6) is 0.0582. The van der Waals surface area contributed by atoms with E-state index in [-0.39, 0.29) is 11.3 Å². The number of hydrogen-bond donors (Lipinski definition) is 1. The molecule has 5 heteroatoms. The summed E-state index contributed by atoms with van der Waals surface area (Å²) >= 11 is 3.39. The second-order valence-electron chi connectivity index (χ2n) is 3.72. The number of rotatable bonds is 2. The van der Waals surface area contributed by atoms with Crippen molar-refractivity contribution >= 4 is 27.4 Å². The molecular weight excluding hydrogens is 297 g/mol. The van der Waals surface area contributed by atoms with Crippen LogP contribution >= 0.6 is 15.9 Å². The number of halogens is 2. The highest BCUT2D eigenvalue weighted by Crippen LogP contribution is 2.27. The molecule has 0 spiro atoms. The molecule has 0 fully saturated rings. The normalized spacial score (nSPS) is 9.89. The predicted molar refractivity (Wildman–Crippen MR) is 71.1 cm³/mol. The standard InChI is InChI=1S/C13H9BrFN3/c1-8-4-5-17-13(12(8)14)18-11-3-2-9(7-16)6-10(11)15/h2-6H,1H3,(H,17,18). The van der Waals surface area contributed by atoms with E-state index in [1.165, 1.54) is 12.1 Å². The summed E-state index contributed by atoms with van der Waals surface area (Å²) in [6.45, 7) is 1.92. The number of nitrogens with one attached hydrogen (secondary N) is 1. The van der Waals surface area contributed by atoms with Crippen LogP contribution in [0.15, 0.2) is 34.9 Å². The van der Waals surface area contributed by atoms with Gasteiger partial charge in [0, 0.05) is 6.20 Å². The topological polar surface area (TPSA) is 48.7 Å². The molecule has 0 bridgehead atoms. The van der Waals surface area contributed by atoms with Gasteiger partial charge in [-0.05, 0) is 52.7 Å². The van der Waals surface area contributed by atoms with E-state index in [1.807, 2.05) is 19.1 Å². The Morgan fingerprint density at radius 3 is 2.83 bits per heavy atom. The zero-order valence-corrected chi connectivity index (χ0v) is 11.1. The van der Waals surface area contributed by atoms with E-state index in [0.29, 0.717) is 5.82 Å². The molecular formula is C13H9BrFN3. The first-order valence-electron chi connectivity index (χ1n) is 5.19. The maximum Gasteiger partial charge on any atom is 0.147 e. The minimum Gasteiger partial charge on any atom is -0.337 e. The van der Waals surface area contributed by atoms with Gasteiger partial charge in [0.05, 0.1) is 21.8 Å². The van der Waals surface area contributed by atoms with Crippen molar-refractivity contribution in [2.45, 2.75) is 6.92 Å². The highest BCUT2D eigenvalue weighted by molar-refractivity contribution is 9.10. The zero-order valence-electron chi connectivity index (χ0n) is 9.54. The molecule has 0 atom stereocenters. The van der Waals surface area contributed by atoms with E-state index in [1.54, 1.807) is 12.3 Å². The molecule has 1 aromatic heterocycles. The first-order valence-corrected chi connectivity index (χ1v) is 5.99. The third-order valence-electron chi connectivity index (χ3n) is 2.43. The van der Waals surface area contributed by atoms with Crippen LogP contribution in [0.2, 0.25) is 0 Å². The molecule has 90 valence electrons. The minimum atomic E-state index is -0.482. The van der Waals surface area contributed by atoms with Crippen LogP contribution in [-0.4, -0.2) is 4.98 Å². The summed E-state index contributed by atoms with van der Waals surface area (Å²) in [7, 11) is 0. The highest BCUT2D eigenvalue weighted by atomic mass is 79.9.